The van der Waals surface area contributed by atoms with Gasteiger partial charge in [0.1, 0.15) is 29.1 Å². The molecule has 1 aliphatic heterocycles. The zero-order chi connectivity index (χ0) is 26.3. The molecule has 1 saturated heterocycles. The Morgan fingerprint density at radius 2 is 2.19 bits per heavy atom. The molecular formula is C23H17ClF2N8O3. The first-order valence-electron chi connectivity index (χ1n) is 10.9. The second-order valence-corrected chi connectivity index (χ2v) is 8.56. The summed E-state index contributed by atoms with van der Waals surface area (Å²) in [6.07, 6.45) is 6.35. The van der Waals surface area contributed by atoms with Crippen LogP contribution >= 0.6 is 11.6 Å². The number of ether oxygens (including phenoxy) is 1. The number of amides is 2. The molecule has 0 saturated carbocycles. The normalized spacial score (nSPS) is 15.4. The zero-order valence-electron chi connectivity index (χ0n) is 19.1. The molecule has 0 spiro atoms. The van der Waals surface area contributed by atoms with E-state index >= 15 is 0 Å². The molecule has 1 aromatic carbocycles. The third-order valence-electron chi connectivity index (χ3n) is 5.88. The molecule has 2 amide bonds. The number of nitrogens with zero attached hydrogens (tertiary/aromatic N) is 7. The summed E-state index contributed by atoms with van der Waals surface area (Å²) in [5.74, 6) is -1.16. The minimum atomic E-state index is -3.21. The van der Waals surface area contributed by atoms with Gasteiger partial charge < -0.3 is 15.0 Å². The topological polar surface area (TPSA) is 130 Å². The standard InChI is InChI=1S/C23H17ClF2N8O3/c1-32-6-3-17(22(32)36)34-11-16(30-21(35)14-10-29-33-5-2-4-28-20(14)33)19(31-34)13-8-15(24)12(9-27)7-18(13)37-23(25)26/h2,4-5,7-8,10-11,17,23H,3,6H2,1H3,(H,30,35). The van der Waals surface area contributed by atoms with Gasteiger partial charge in [0, 0.05) is 37.6 Å². The lowest BCUT2D eigenvalue weighted by Crippen LogP contribution is -2.24. The summed E-state index contributed by atoms with van der Waals surface area (Å²) >= 11 is 6.20. The highest BCUT2D eigenvalue weighted by Gasteiger charge is 2.33. The molecule has 5 rings (SSSR count). The molecule has 0 bridgehead atoms. The molecule has 1 fully saturated rings. The third kappa shape index (κ3) is 4.43. The fraction of sp³-hybridized carbons (Fsp3) is 0.217. The fourth-order valence-corrected chi connectivity index (χ4v) is 4.29. The fourth-order valence-electron chi connectivity index (χ4n) is 4.09. The van der Waals surface area contributed by atoms with Crippen molar-refractivity contribution in [1.29, 1.82) is 5.26 Å². The number of nitrogens with one attached hydrogen (secondary N) is 1. The molecule has 11 nitrogen and oxygen atoms in total. The lowest BCUT2D eigenvalue weighted by Gasteiger charge is -2.12. The first kappa shape index (κ1) is 24.1. The Hall–Kier alpha value is -4.57. The van der Waals surface area contributed by atoms with Crippen LogP contribution < -0.4 is 10.1 Å². The van der Waals surface area contributed by atoms with Gasteiger partial charge in [0.05, 0.1) is 28.7 Å². The van der Waals surface area contributed by atoms with Crippen molar-refractivity contribution < 1.29 is 23.1 Å². The van der Waals surface area contributed by atoms with Crippen LogP contribution in [0.3, 0.4) is 0 Å². The maximum absolute atomic E-state index is 13.2. The van der Waals surface area contributed by atoms with Gasteiger partial charge in [0.2, 0.25) is 5.91 Å². The summed E-state index contributed by atoms with van der Waals surface area (Å²) in [5, 5.41) is 20.5. The number of anilines is 1. The first-order valence-corrected chi connectivity index (χ1v) is 11.3. The van der Waals surface area contributed by atoms with E-state index in [0.717, 1.165) is 6.07 Å². The van der Waals surface area contributed by atoms with Gasteiger partial charge in [0.15, 0.2) is 5.65 Å². The summed E-state index contributed by atoms with van der Waals surface area (Å²) in [5.41, 5.74) is 0.471. The van der Waals surface area contributed by atoms with Crippen molar-refractivity contribution in [1.82, 2.24) is 29.3 Å². The summed E-state index contributed by atoms with van der Waals surface area (Å²) < 4.78 is 33.9. The number of alkyl halides is 2. The molecule has 3 aromatic heterocycles. The number of likely N-dealkylation sites (N-methyl/N-ethyl adjacent to an activating group) is 1. The van der Waals surface area contributed by atoms with Crippen molar-refractivity contribution in [3.05, 3.63) is 59.1 Å². The number of rotatable bonds is 6. The van der Waals surface area contributed by atoms with E-state index in [-0.39, 0.29) is 44.8 Å². The number of likely N-dealkylation sites (tertiary alicyclic amines) is 1. The molecule has 0 radical (unpaired) electrons. The smallest absolute Gasteiger partial charge is 0.387 e. The van der Waals surface area contributed by atoms with Gasteiger partial charge in [-0.1, -0.05) is 11.6 Å². The summed E-state index contributed by atoms with van der Waals surface area (Å²) in [6, 6.07) is 5.12. The van der Waals surface area contributed by atoms with Crippen molar-refractivity contribution in [2.24, 2.45) is 0 Å². The summed E-state index contributed by atoms with van der Waals surface area (Å²) in [6.45, 7) is -2.71. The highest BCUT2D eigenvalue weighted by Crippen LogP contribution is 2.39. The number of hydrogen-bond donors (Lipinski definition) is 1. The molecule has 4 aromatic rings. The molecule has 1 unspecified atom stereocenters. The molecule has 1 N–H and O–H groups in total. The van der Waals surface area contributed by atoms with Crippen LogP contribution in [0.4, 0.5) is 14.5 Å². The van der Waals surface area contributed by atoms with E-state index in [9.17, 15) is 23.6 Å². The van der Waals surface area contributed by atoms with Crippen LogP contribution in [0.2, 0.25) is 5.02 Å². The van der Waals surface area contributed by atoms with E-state index in [1.54, 1.807) is 24.2 Å². The number of hydrogen-bond acceptors (Lipinski definition) is 7. The van der Waals surface area contributed by atoms with Crippen molar-refractivity contribution in [3.8, 4) is 23.1 Å². The van der Waals surface area contributed by atoms with E-state index in [1.165, 1.54) is 33.9 Å². The SMILES string of the molecule is CN1CCC(n2cc(NC(=O)c3cnn4cccnc34)c(-c3cc(Cl)c(C#N)cc3OC(F)F)n2)C1=O. The second-order valence-electron chi connectivity index (χ2n) is 8.15. The molecule has 0 aliphatic carbocycles. The Kier molecular flexibility index (Phi) is 6.18. The summed E-state index contributed by atoms with van der Waals surface area (Å²) in [7, 11) is 1.66. The lowest BCUT2D eigenvalue weighted by atomic mass is 10.1. The van der Waals surface area contributed by atoms with Crippen LogP contribution in [0.1, 0.15) is 28.4 Å². The quantitative estimate of drug-likeness (QED) is 0.407. The Labute approximate surface area is 212 Å². The number of benzene rings is 1. The Balaban J connectivity index is 1.63. The number of carbonyl (C=O) groups excluding carboxylic acids is 2. The Bertz CT molecular complexity index is 1580. The van der Waals surface area contributed by atoms with E-state index in [2.05, 4.69) is 25.2 Å². The van der Waals surface area contributed by atoms with Crippen LogP contribution in [-0.2, 0) is 4.79 Å². The van der Waals surface area contributed by atoms with E-state index in [1.807, 2.05) is 6.07 Å². The maximum atomic E-state index is 13.2. The average Bonchev–Trinajstić information content (AvgIpc) is 3.57. The molecular weight excluding hydrogens is 510 g/mol. The van der Waals surface area contributed by atoms with Gasteiger partial charge in [-0.25, -0.2) is 9.50 Å². The monoisotopic (exact) mass is 526 g/mol. The minimum absolute atomic E-state index is 0.00450. The van der Waals surface area contributed by atoms with E-state index in [4.69, 9.17) is 11.6 Å². The van der Waals surface area contributed by atoms with E-state index < -0.39 is 18.6 Å². The van der Waals surface area contributed by atoms with Crippen molar-refractivity contribution in [2.45, 2.75) is 19.1 Å². The molecule has 188 valence electrons. The number of halogens is 3. The Morgan fingerprint density at radius 3 is 2.89 bits per heavy atom. The predicted octanol–water partition coefficient (Wildman–Crippen LogP) is 3.37. The van der Waals surface area contributed by atoms with Gasteiger partial charge in [-0.2, -0.15) is 24.2 Å². The van der Waals surface area contributed by atoms with Crippen LogP contribution in [0.5, 0.6) is 5.75 Å². The van der Waals surface area contributed by atoms with Crippen molar-refractivity contribution in [2.75, 3.05) is 18.9 Å². The van der Waals surface area contributed by atoms with Crippen LogP contribution in [0.15, 0.2) is 43.0 Å². The van der Waals surface area contributed by atoms with Crippen LogP contribution in [0, 0.1) is 11.3 Å². The van der Waals surface area contributed by atoms with Gasteiger partial charge in [-0.05, 0) is 18.6 Å². The zero-order valence-corrected chi connectivity index (χ0v) is 19.9. The maximum Gasteiger partial charge on any atom is 0.387 e. The first-order chi connectivity index (χ1) is 17.8. The van der Waals surface area contributed by atoms with Gasteiger partial charge in [0.25, 0.3) is 5.91 Å². The van der Waals surface area contributed by atoms with Gasteiger partial charge >= 0.3 is 6.61 Å². The average molecular weight is 527 g/mol. The molecule has 14 heteroatoms. The van der Waals surface area contributed by atoms with Gasteiger partial charge in [-0.15, -0.1) is 0 Å². The number of nitriles is 1. The van der Waals surface area contributed by atoms with Gasteiger partial charge in [-0.3, -0.25) is 14.3 Å². The molecule has 1 atom stereocenters. The third-order valence-corrected chi connectivity index (χ3v) is 6.20. The molecule has 37 heavy (non-hydrogen) atoms. The number of aromatic nitrogens is 5. The number of carbonyl (C=O) groups is 2. The van der Waals surface area contributed by atoms with Crippen LogP contribution in [-0.4, -0.2) is 61.3 Å². The summed E-state index contributed by atoms with van der Waals surface area (Å²) in [4.78, 5) is 31.6. The highest BCUT2D eigenvalue weighted by molar-refractivity contribution is 6.32. The lowest BCUT2D eigenvalue weighted by molar-refractivity contribution is -0.129. The molecule has 4 heterocycles. The second kappa shape index (κ2) is 9.47. The minimum Gasteiger partial charge on any atom is -0.434 e. The van der Waals surface area contributed by atoms with E-state index in [0.29, 0.717) is 18.6 Å². The largest absolute Gasteiger partial charge is 0.434 e. The predicted molar refractivity (Wildman–Crippen MR) is 126 cm³/mol. The highest BCUT2D eigenvalue weighted by atomic mass is 35.5. The van der Waals surface area contributed by atoms with Crippen LogP contribution in [0.25, 0.3) is 16.9 Å². The molecule has 1 aliphatic rings. The Morgan fingerprint density at radius 1 is 1.38 bits per heavy atom. The number of fused-ring (bicyclic) bond motifs is 1. The van der Waals surface area contributed by atoms with Crippen molar-refractivity contribution in [3.63, 3.8) is 0 Å². The van der Waals surface area contributed by atoms with Crippen molar-refractivity contribution >= 4 is 34.7 Å².